The largest absolute Gasteiger partial charge is 0.419 e. The van der Waals surface area contributed by atoms with Gasteiger partial charge in [-0.1, -0.05) is 11.6 Å². The van der Waals surface area contributed by atoms with Crippen molar-refractivity contribution in [3.63, 3.8) is 0 Å². The first kappa shape index (κ1) is 16.4. The second kappa shape index (κ2) is 7.43. The highest BCUT2D eigenvalue weighted by Crippen LogP contribution is 2.27. The van der Waals surface area contributed by atoms with E-state index in [4.69, 9.17) is 16.0 Å². The summed E-state index contributed by atoms with van der Waals surface area (Å²) in [6, 6.07) is 7.89. The topological polar surface area (TPSA) is 62.4 Å². The second-order valence-electron chi connectivity index (χ2n) is 6.28. The molecule has 5 nitrogen and oxygen atoms in total. The van der Waals surface area contributed by atoms with E-state index in [0.717, 1.165) is 31.2 Å². The molecule has 0 atom stereocenters. The summed E-state index contributed by atoms with van der Waals surface area (Å²) in [5, 5.41) is 18.2. The van der Waals surface area contributed by atoms with Crippen LogP contribution in [-0.4, -0.2) is 39.9 Å². The summed E-state index contributed by atoms with van der Waals surface area (Å²) in [6.45, 7) is 0.958. The molecule has 124 valence electrons. The summed E-state index contributed by atoms with van der Waals surface area (Å²) in [7, 11) is 2.09. The summed E-state index contributed by atoms with van der Waals surface area (Å²) in [5.74, 6) is 1.62. The molecule has 1 fully saturated rings. The van der Waals surface area contributed by atoms with Gasteiger partial charge in [0, 0.05) is 23.2 Å². The van der Waals surface area contributed by atoms with Crippen molar-refractivity contribution >= 4 is 11.6 Å². The number of aromatic nitrogens is 2. The van der Waals surface area contributed by atoms with Crippen LogP contribution < -0.4 is 0 Å². The molecule has 1 aliphatic rings. The molecule has 1 aromatic carbocycles. The van der Waals surface area contributed by atoms with E-state index >= 15 is 0 Å². The maximum absolute atomic E-state index is 9.22. The lowest BCUT2D eigenvalue weighted by atomic mass is 9.86. The Morgan fingerprint density at radius 2 is 1.87 bits per heavy atom. The molecule has 2 aromatic rings. The predicted molar refractivity (Wildman–Crippen MR) is 89.0 cm³/mol. The minimum absolute atomic E-state index is 0.310. The van der Waals surface area contributed by atoms with Gasteiger partial charge >= 0.3 is 0 Å². The highest BCUT2D eigenvalue weighted by Gasteiger charge is 2.24. The molecule has 1 aliphatic carbocycles. The molecule has 0 spiro atoms. The van der Waals surface area contributed by atoms with E-state index in [1.165, 1.54) is 0 Å². The van der Waals surface area contributed by atoms with E-state index in [0.29, 0.717) is 41.9 Å². The van der Waals surface area contributed by atoms with Gasteiger partial charge in [0.05, 0.1) is 6.54 Å². The maximum Gasteiger partial charge on any atom is 0.247 e. The van der Waals surface area contributed by atoms with E-state index in [9.17, 15) is 5.11 Å². The van der Waals surface area contributed by atoms with Crippen molar-refractivity contribution in [3.05, 3.63) is 35.2 Å². The van der Waals surface area contributed by atoms with Crippen LogP contribution in [0.4, 0.5) is 0 Å². The van der Waals surface area contributed by atoms with Crippen molar-refractivity contribution in [2.24, 2.45) is 5.92 Å². The van der Waals surface area contributed by atoms with Gasteiger partial charge in [-0.15, -0.1) is 10.2 Å². The van der Waals surface area contributed by atoms with Crippen LogP contribution in [0.15, 0.2) is 28.7 Å². The van der Waals surface area contributed by atoms with Crippen LogP contribution in [-0.2, 0) is 6.54 Å². The number of rotatable bonds is 5. The van der Waals surface area contributed by atoms with Crippen LogP contribution in [0.5, 0.6) is 0 Å². The van der Waals surface area contributed by atoms with E-state index < -0.39 is 0 Å². The van der Waals surface area contributed by atoms with Crippen molar-refractivity contribution in [2.75, 3.05) is 13.7 Å². The highest BCUT2D eigenvalue weighted by molar-refractivity contribution is 6.30. The molecule has 1 heterocycles. The molecule has 1 saturated carbocycles. The molecule has 0 bridgehead atoms. The Morgan fingerprint density at radius 3 is 2.52 bits per heavy atom. The number of nitrogens with zero attached hydrogens (tertiary/aromatic N) is 3. The maximum atomic E-state index is 9.22. The molecule has 1 N–H and O–H groups in total. The summed E-state index contributed by atoms with van der Waals surface area (Å²) in [4.78, 5) is 2.27. The van der Waals surface area contributed by atoms with E-state index in [1.807, 2.05) is 24.3 Å². The first-order valence-corrected chi connectivity index (χ1v) is 8.43. The van der Waals surface area contributed by atoms with Gasteiger partial charge in [0.1, 0.15) is 0 Å². The smallest absolute Gasteiger partial charge is 0.247 e. The number of benzene rings is 1. The molecule has 0 saturated heterocycles. The third-order valence-electron chi connectivity index (χ3n) is 4.64. The predicted octanol–water partition coefficient (Wildman–Crippen LogP) is 3.37. The van der Waals surface area contributed by atoms with Gasteiger partial charge in [0.15, 0.2) is 0 Å². The summed E-state index contributed by atoms with van der Waals surface area (Å²) >= 11 is 5.89. The molecule has 0 unspecified atom stereocenters. The van der Waals surface area contributed by atoms with Gasteiger partial charge in [0.2, 0.25) is 11.8 Å². The van der Waals surface area contributed by atoms with Gasteiger partial charge in [-0.05, 0) is 62.9 Å². The lowest BCUT2D eigenvalue weighted by Gasteiger charge is -2.33. The number of hydrogen-bond donors (Lipinski definition) is 1. The summed E-state index contributed by atoms with van der Waals surface area (Å²) in [6.07, 6.45) is 4.40. The molecular weight excluding hydrogens is 314 g/mol. The Balaban J connectivity index is 1.59. The van der Waals surface area contributed by atoms with Gasteiger partial charge in [0.25, 0.3) is 0 Å². The molecule has 1 aromatic heterocycles. The normalized spacial score (nSPS) is 21.7. The van der Waals surface area contributed by atoms with Gasteiger partial charge < -0.3 is 9.52 Å². The average molecular weight is 336 g/mol. The van der Waals surface area contributed by atoms with Crippen LogP contribution >= 0.6 is 11.6 Å². The number of hydrogen-bond acceptors (Lipinski definition) is 5. The molecule has 6 heteroatoms. The number of aliphatic hydroxyl groups excluding tert-OH is 1. The Labute approximate surface area is 141 Å². The summed E-state index contributed by atoms with van der Waals surface area (Å²) < 4.78 is 5.77. The van der Waals surface area contributed by atoms with Crippen molar-refractivity contribution in [1.82, 2.24) is 15.1 Å². The highest BCUT2D eigenvalue weighted by atomic mass is 35.5. The fourth-order valence-corrected chi connectivity index (χ4v) is 3.26. The van der Waals surface area contributed by atoms with Crippen molar-refractivity contribution < 1.29 is 9.52 Å². The molecule has 23 heavy (non-hydrogen) atoms. The zero-order valence-corrected chi connectivity index (χ0v) is 14.0. The van der Waals surface area contributed by atoms with E-state index in [-0.39, 0.29) is 0 Å². The second-order valence-corrected chi connectivity index (χ2v) is 6.72. The Kier molecular flexibility index (Phi) is 5.30. The monoisotopic (exact) mass is 335 g/mol. The first-order valence-electron chi connectivity index (χ1n) is 8.05. The van der Waals surface area contributed by atoms with Crippen molar-refractivity contribution in [3.8, 4) is 11.5 Å². The van der Waals surface area contributed by atoms with Crippen molar-refractivity contribution in [2.45, 2.75) is 38.3 Å². The quantitative estimate of drug-likeness (QED) is 0.907. The lowest BCUT2D eigenvalue weighted by molar-refractivity contribution is 0.118. The lowest BCUT2D eigenvalue weighted by Crippen LogP contribution is -2.35. The van der Waals surface area contributed by atoms with Gasteiger partial charge in [-0.2, -0.15) is 0 Å². The number of halogens is 1. The average Bonchev–Trinajstić information content (AvgIpc) is 3.04. The fourth-order valence-electron chi connectivity index (χ4n) is 3.14. The van der Waals surface area contributed by atoms with Crippen LogP contribution in [0, 0.1) is 5.92 Å². The molecule has 0 amide bonds. The molecule has 0 aliphatic heterocycles. The van der Waals surface area contributed by atoms with E-state index in [1.54, 1.807) is 0 Å². The van der Waals surface area contributed by atoms with Gasteiger partial charge in [-0.3, -0.25) is 4.90 Å². The van der Waals surface area contributed by atoms with Crippen LogP contribution in [0.3, 0.4) is 0 Å². The minimum Gasteiger partial charge on any atom is -0.419 e. The molecule has 3 rings (SSSR count). The Bertz CT molecular complexity index is 621. The Morgan fingerprint density at radius 1 is 1.17 bits per heavy atom. The van der Waals surface area contributed by atoms with Gasteiger partial charge in [-0.25, -0.2) is 0 Å². The molecule has 0 radical (unpaired) electrons. The van der Waals surface area contributed by atoms with E-state index in [2.05, 4.69) is 22.1 Å². The zero-order chi connectivity index (χ0) is 16.2. The number of aliphatic hydroxyl groups is 1. The standard InChI is InChI=1S/C17H22ClN3O2/c1-21(15-8-2-12(11-22)3-9-15)10-16-19-20-17(23-16)13-4-6-14(18)7-5-13/h4-7,12,15,22H,2-3,8-11H2,1H3. The zero-order valence-electron chi connectivity index (χ0n) is 13.3. The first-order chi connectivity index (χ1) is 11.2. The van der Waals surface area contributed by atoms with Crippen LogP contribution in [0.25, 0.3) is 11.5 Å². The summed E-state index contributed by atoms with van der Waals surface area (Å²) in [5.41, 5.74) is 0.874. The van der Waals surface area contributed by atoms with Crippen molar-refractivity contribution in [1.29, 1.82) is 0 Å². The van der Waals surface area contributed by atoms with Crippen LogP contribution in [0.1, 0.15) is 31.6 Å². The third-order valence-corrected chi connectivity index (χ3v) is 4.89. The SMILES string of the molecule is CN(Cc1nnc(-c2ccc(Cl)cc2)o1)C1CCC(CO)CC1. The molecular formula is C17H22ClN3O2. The minimum atomic E-state index is 0.310. The van der Waals surface area contributed by atoms with Crippen LogP contribution in [0.2, 0.25) is 5.02 Å². The Hall–Kier alpha value is -1.43. The fraction of sp³-hybridized carbons (Fsp3) is 0.529. The third kappa shape index (κ3) is 4.10.